The molecule has 0 fully saturated rings. The van der Waals surface area contributed by atoms with Crippen LogP contribution in [0.4, 0.5) is 4.39 Å². The Morgan fingerprint density at radius 2 is 1.87 bits per heavy atom. The fourth-order valence-corrected chi connectivity index (χ4v) is 2.03. The van der Waals surface area contributed by atoms with E-state index in [1.165, 1.54) is 18.2 Å². The number of halogens is 2. The molecule has 2 aromatic carbocycles. The van der Waals surface area contributed by atoms with Gasteiger partial charge in [0.05, 0.1) is 10.6 Å². The maximum atomic E-state index is 13.3. The highest BCUT2D eigenvalue weighted by molar-refractivity contribution is 6.34. The molecule has 0 saturated carbocycles. The molecule has 2 aromatic rings. The number of nitrogens with one attached hydrogen (secondary N) is 1. The van der Waals surface area contributed by atoms with E-state index < -0.39 is 17.6 Å². The molecule has 0 heterocycles. The van der Waals surface area contributed by atoms with Gasteiger partial charge in [0.1, 0.15) is 11.6 Å². The van der Waals surface area contributed by atoms with Crippen LogP contribution in [0.25, 0.3) is 0 Å². The number of primary amides is 1. The fourth-order valence-electron chi connectivity index (χ4n) is 1.81. The number of nitrogens with two attached hydrogens (primary N) is 1. The van der Waals surface area contributed by atoms with Crippen LogP contribution < -0.4 is 15.8 Å². The molecule has 2 amide bonds. The lowest BCUT2D eigenvalue weighted by molar-refractivity contribution is -0.119. The fraction of sp³-hybridized carbons (Fsp3) is 0.125. The SMILES string of the molecule is NC(=O)COc1ccc(CNC(=O)c2cccc(F)c2Cl)cc1. The minimum absolute atomic E-state index is 0.0769. The monoisotopic (exact) mass is 336 g/mol. The van der Waals surface area contributed by atoms with Crippen molar-refractivity contribution in [3.8, 4) is 5.75 Å². The molecule has 2 rings (SSSR count). The topological polar surface area (TPSA) is 81.4 Å². The van der Waals surface area contributed by atoms with Gasteiger partial charge in [-0.05, 0) is 29.8 Å². The lowest BCUT2D eigenvalue weighted by atomic mass is 10.2. The highest BCUT2D eigenvalue weighted by Crippen LogP contribution is 2.19. The van der Waals surface area contributed by atoms with E-state index >= 15 is 0 Å². The zero-order valence-electron chi connectivity index (χ0n) is 12.0. The summed E-state index contributed by atoms with van der Waals surface area (Å²) in [7, 11) is 0. The zero-order chi connectivity index (χ0) is 16.8. The normalized spacial score (nSPS) is 10.2. The molecule has 0 spiro atoms. The van der Waals surface area contributed by atoms with Gasteiger partial charge in [-0.3, -0.25) is 9.59 Å². The van der Waals surface area contributed by atoms with Crippen LogP contribution in [0.3, 0.4) is 0 Å². The molecule has 23 heavy (non-hydrogen) atoms. The van der Waals surface area contributed by atoms with E-state index in [9.17, 15) is 14.0 Å². The summed E-state index contributed by atoms with van der Waals surface area (Å²) in [5.41, 5.74) is 5.86. The van der Waals surface area contributed by atoms with Crippen LogP contribution in [0.1, 0.15) is 15.9 Å². The van der Waals surface area contributed by atoms with Gasteiger partial charge in [-0.2, -0.15) is 0 Å². The van der Waals surface area contributed by atoms with Crippen molar-refractivity contribution in [3.63, 3.8) is 0 Å². The van der Waals surface area contributed by atoms with Crippen LogP contribution in [0, 0.1) is 5.82 Å². The Morgan fingerprint density at radius 1 is 1.17 bits per heavy atom. The van der Waals surface area contributed by atoms with E-state index in [-0.39, 0.29) is 23.7 Å². The van der Waals surface area contributed by atoms with E-state index in [1.807, 2.05) is 0 Å². The second kappa shape index (κ2) is 7.60. The van der Waals surface area contributed by atoms with Crippen LogP contribution in [-0.4, -0.2) is 18.4 Å². The number of ether oxygens (including phenoxy) is 1. The minimum atomic E-state index is -0.643. The molecule has 0 unspecified atom stereocenters. The molecule has 3 N–H and O–H groups in total. The molecule has 5 nitrogen and oxygen atoms in total. The number of rotatable bonds is 6. The molecule has 0 aliphatic rings. The maximum absolute atomic E-state index is 13.3. The van der Waals surface area contributed by atoms with Crippen LogP contribution >= 0.6 is 11.6 Å². The molecule has 120 valence electrons. The second-order valence-corrected chi connectivity index (χ2v) is 5.06. The van der Waals surface area contributed by atoms with Crippen molar-refractivity contribution in [1.82, 2.24) is 5.32 Å². The second-order valence-electron chi connectivity index (χ2n) is 4.68. The molecule has 0 radical (unpaired) electrons. The van der Waals surface area contributed by atoms with Gasteiger partial charge < -0.3 is 15.8 Å². The highest BCUT2D eigenvalue weighted by Gasteiger charge is 2.13. The molecule has 0 atom stereocenters. The first-order chi connectivity index (χ1) is 11.0. The van der Waals surface area contributed by atoms with Crippen molar-refractivity contribution in [2.75, 3.05) is 6.61 Å². The van der Waals surface area contributed by atoms with Crippen LogP contribution in [-0.2, 0) is 11.3 Å². The van der Waals surface area contributed by atoms with E-state index in [2.05, 4.69) is 5.32 Å². The standard InChI is InChI=1S/C16H14ClFN2O3/c17-15-12(2-1-3-13(15)18)16(22)20-8-10-4-6-11(7-5-10)23-9-14(19)21/h1-7H,8-9H2,(H2,19,21)(H,20,22). The number of hydrogen-bond donors (Lipinski definition) is 2. The van der Waals surface area contributed by atoms with E-state index in [4.69, 9.17) is 22.1 Å². The molecular formula is C16H14ClFN2O3. The average Bonchev–Trinajstić information content (AvgIpc) is 2.54. The van der Waals surface area contributed by atoms with Crippen molar-refractivity contribution in [2.24, 2.45) is 5.73 Å². The van der Waals surface area contributed by atoms with Crippen LogP contribution in [0.5, 0.6) is 5.75 Å². The van der Waals surface area contributed by atoms with Crippen molar-refractivity contribution in [2.45, 2.75) is 6.54 Å². The summed E-state index contributed by atoms with van der Waals surface area (Å²) < 4.78 is 18.4. The van der Waals surface area contributed by atoms with Crippen LogP contribution in [0.2, 0.25) is 5.02 Å². The number of carbonyl (C=O) groups excluding carboxylic acids is 2. The summed E-state index contributed by atoms with van der Waals surface area (Å²) in [6.07, 6.45) is 0. The molecule has 0 aliphatic carbocycles. The number of benzene rings is 2. The van der Waals surface area contributed by atoms with Gasteiger partial charge in [0.15, 0.2) is 6.61 Å². The lowest BCUT2D eigenvalue weighted by Crippen LogP contribution is -2.23. The molecule has 0 aromatic heterocycles. The predicted molar refractivity (Wildman–Crippen MR) is 83.7 cm³/mol. The molecule has 0 bridgehead atoms. The van der Waals surface area contributed by atoms with E-state index in [0.29, 0.717) is 5.75 Å². The summed E-state index contributed by atoms with van der Waals surface area (Å²) in [6, 6.07) is 10.8. The van der Waals surface area contributed by atoms with Crippen molar-refractivity contribution >= 4 is 23.4 Å². The Labute approximate surface area is 137 Å². The quantitative estimate of drug-likeness (QED) is 0.849. The zero-order valence-corrected chi connectivity index (χ0v) is 12.8. The smallest absolute Gasteiger partial charge is 0.255 e. The Morgan fingerprint density at radius 3 is 2.52 bits per heavy atom. The number of hydrogen-bond acceptors (Lipinski definition) is 3. The third-order valence-corrected chi connectivity index (χ3v) is 3.34. The molecule has 0 saturated heterocycles. The van der Waals surface area contributed by atoms with Crippen molar-refractivity contribution < 1.29 is 18.7 Å². The van der Waals surface area contributed by atoms with Gasteiger partial charge >= 0.3 is 0 Å². The largest absolute Gasteiger partial charge is 0.484 e. The van der Waals surface area contributed by atoms with Crippen molar-refractivity contribution in [3.05, 3.63) is 64.4 Å². The van der Waals surface area contributed by atoms with Gasteiger partial charge in [-0.15, -0.1) is 0 Å². The minimum Gasteiger partial charge on any atom is -0.484 e. The highest BCUT2D eigenvalue weighted by atomic mass is 35.5. The Kier molecular flexibility index (Phi) is 5.54. The van der Waals surface area contributed by atoms with Gasteiger partial charge in [0.2, 0.25) is 0 Å². The number of amides is 2. The van der Waals surface area contributed by atoms with Gasteiger partial charge in [-0.25, -0.2) is 4.39 Å². The molecule has 7 heteroatoms. The van der Waals surface area contributed by atoms with Gasteiger partial charge in [0, 0.05) is 6.54 Å². The molecular weight excluding hydrogens is 323 g/mol. The Balaban J connectivity index is 1.94. The van der Waals surface area contributed by atoms with Gasteiger partial charge in [-0.1, -0.05) is 29.8 Å². The first-order valence-electron chi connectivity index (χ1n) is 6.69. The summed E-state index contributed by atoms with van der Waals surface area (Å²) in [5, 5.41) is 2.44. The van der Waals surface area contributed by atoms with Crippen molar-refractivity contribution in [1.29, 1.82) is 0 Å². The van der Waals surface area contributed by atoms with E-state index in [1.54, 1.807) is 24.3 Å². The van der Waals surface area contributed by atoms with Crippen LogP contribution in [0.15, 0.2) is 42.5 Å². The van der Waals surface area contributed by atoms with Gasteiger partial charge in [0.25, 0.3) is 11.8 Å². The third kappa shape index (κ3) is 4.69. The summed E-state index contributed by atoms with van der Waals surface area (Å²) in [4.78, 5) is 22.6. The summed E-state index contributed by atoms with van der Waals surface area (Å²) in [5.74, 6) is -1.18. The lowest BCUT2D eigenvalue weighted by Gasteiger charge is -2.08. The number of carbonyl (C=O) groups is 2. The first-order valence-corrected chi connectivity index (χ1v) is 7.07. The molecule has 0 aliphatic heterocycles. The summed E-state index contributed by atoms with van der Waals surface area (Å²) >= 11 is 5.76. The Hall–Kier alpha value is -2.60. The average molecular weight is 337 g/mol. The predicted octanol–water partition coefficient (Wildman–Crippen LogP) is 2.27. The summed E-state index contributed by atoms with van der Waals surface area (Å²) in [6.45, 7) is 0.0376. The maximum Gasteiger partial charge on any atom is 0.255 e. The Bertz CT molecular complexity index is 720. The third-order valence-electron chi connectivity index (χ3n) is 2.95. The first kappa shape index (κ1) is 16.8. The van der Waals surface area contributed by atoms with E-state index in [0.717, 1.165) is 5.56 Å².